The summed E-state index contributed by atoms with van der Waals surface area (Å²) < 4.78 is 71.7. The molecular formula is C22H22F3N3O8S. The Morgan fingerprint density at radius 1 is 1.19 bits per heavy atom. The number of esters is 1. The predicted octanol–water partition coefficient (Wildman–Crippen LogP) is 2.54. The number of carbonyl (C=O) groups excluding carboxylic acids is 2. The van der Waals surface area contributed by atoms with Crippen LogP contribution in [0, 0.1) is 24.0 Å². The Balaban J connectivity index is 1.73. The van der Waals surface area contributed by atoms with Crippen molar-refractivity contribution in [1.82, 2.24) is 4.31 Å². The molecule has 1 fully saturated rings. The van der Waals surface area contributed by atoms with Crippen LogP contribution in [0.2, 0.25) is 0 Å². The molecule has 0 radical (unpaired) electrons. The number of β-amino-alcohol motifs (C(OH)–C–C–N with tert-alkyl or cyclic N) is 1. The number of aliphatic hydroxyl groups excluding tert-OH is 1. The lowest BCUT2D eigenvalue weighted by Gasteiger charge is -2.23. The molecule has 0 spiro atoms. The number of ether oxygens (including phenoxy) is 1. The number of rotatable bonds is 7. The summed E-state index contributed by atoms with van der Waals surface area (Å²) >= 11 is 0. The zero-order valence-electron chi connectivity index (χ0n) is 19.5. The van der Waals surface area contributed by atoms with Crippen molar-refractivity contribution in [3.05, 3.63) is 63.2 Å². The lowest BCUT2D eigenvalue weighted by molar-refractivity contribution is -0.385. The Labute approximate surface area is 209 Å². The maximum absolute atomic E-state index is 13.3. The van der Waals surface area contributed by atoms with Crippen LogP contribution in [0.4, 0.5) is 24.5 Å². The van der Waals surface area contributed by atoms with Crippen LogP contribution in [0.3, 0.4) is 0 Å². The first-order valence-corrected chi connectivity index (χ1v) is 12.1. The number of benzene rings is 2. The monoisotopic (exact) mass is 545 g/mol. The van der Waals surface area contributed by atoms with E-state index in [1.807, 2.05) is 5.32 Å². The molecular weight excluding hydrogens is 523 g/mol. The number of carbonyl (C=O) groups is 2. The van der Waals surface area contributed by atoms with Gasteiger partial charge in [0, 0.05) is 25.1 Å². The van der Waals surface area contributed by atoms with Gasteiger partial charge < -0.3 is 15.2 Å². The van der Waals surface area contributed by atoms with Gasteiger partial charge >= 0.3 is 12.1 Å². The molecule has 2 N–H and O–H groups in total. The van der Waals surface area contributed by atoms with Crippen molar-refractivity contribution in [2.45, 2.75) is 43.5 Å². The van der Waals surface area contributed by atoms with Crippen molar-refractivity contribution in [2.75, 3.05) is 18.5 Å². The highest BCUT2D eigenvalue weighted by molar-refractivity contribution is 7.89. The zero-order valence-corrected chi connectivity index (χ0v) is 20.3. The van der Waals surface area contributed by atoms with Crippen LogP contribution in [-0.4, -0.2) is 59.9 Å². The molecule has 15 heteroatoms. The minimum Gasteiger partial charge on any atom is -0.454 e. The molecule has 3 rings (SSSR count). The van der Waals surface area contributed by atoms with Crippen LogP contribution in [0.25, 0.3) is 0 Å². The third-order valence-electron chi connectivity index (χ3n) is 5.73. The fraction of sp³-hybridized carbons (Fsp3) is 0.364. The quantitative estimate of drug-likeness (QED) is 0.305. The molecule has 37 heavy (non-hydrogen) atoms. The van der Waals surface area contributed by atoms with E-state index >= 15 is 0 Å². The Hall–Kier alpha value is -3.56. The summed E-state index contributed by atoms with van der Waals surface area (Å²) in [4.78, 5) is 34.5. The van der Waals surface area contributed by atoms with Crippen molar-refractivity contribution in [3.63, 3.8) is 0 Å². The molecule has 200 valence electrons. The highest BCUT2D eigenvalue weighted by Crippen LogP contribution is 2.37. The molecule has 0 bridgehead atoms. The lowest BCUT2D eigenvalue weighted by Crippen LogP contribution is -2.42. The van der Waals surface area contributed by atoms with E-state index in [-0.39, 0.29) is 17.4 Å². The maximum Gasteiger partial charge on any atom is 0.418 e. The van der Waals surface area contributed by atoms with Gasteiger partial charge in [-0.3, -0.25) is 19.7 Å². The van der Waals surface area contributed by atoms with Gasteiger partial charge in [-0.15, -0.1) is 0 Å². The largest absolute Gasteiger partial charge is 0.454 e. The number of anilines is 1. The Bertz CT molecular complexity index is 1350. The van der Waals surface area contributed by atoms with Gasteiger partial charge in [-0.2, -0.15) is 17.5 Å². The summed E-state index contributed by atoms with van der Waals surface area (Å²) in [6.45, 7) is 2.01. The van der Waals surface area contributed by atoms with Gasteiger partial charge in [-0.1, -0.05) is 6.07 Å². The number of nitrogens with one attached hydrogen (secondary N) is 1. The van der Waals surface area contributed by atoms with E-state index < -0.39 is 75.2 Å². The van der Waals surface area contributed by atoms with Gasteiger partial charge in [-0.25, -0.2) is 8.42 Å². The van der Waals surface area contributed by atoms with E-state index in [4.69, 9.17) is 4.74 Å². The molecule has 0 saturated carbocycles. The first kappa shape index (κ1) is 28.0. The molecule has 0 aromatic heterocycles. The number of nitrogens with zero attached hydrogens (tertiary/aromatic N) is 2. The number of hydrogen-bond acceptors (Lipinski definition) is 8. The van der Waals surface area contributed by atoms with Crippen LogP contribution >= 0.6 is 0 Å². The van der Waals surface area contributed by atoms with Crippen LogP contribution < -0.4 is 5.32 Å². The summed E-state index contributed by atoms with van der Waals surface area (Å²) in [7, 11) is -4.23. The Kier molecular flexibility index (Phi) is 7.90. The van der Waals surface area contributed by atoms with E-state index in [2.05, 4.69) is 0 Å². The Morgan fingerprint density at radius 2 is 1.86 bits per heavy atom. The number of sulfonamides is 1. The van der Waals surface area contributed by atoms with Crippen molar-refractivity contribution >= 4 is 33.3 Å². The van der Waals surface area contributed by atoms with Gasteiger partial charge in [0.05, 0.1) is 27.2 Å². The number of aliphatic hydroxyl groups is 1. The van der Waals surface area contributed by atoms with E-state index in [1.54, 1.807) is 19.9 Å². The molecule has 2 aromatic carbocycles. The van der Waals surface area contributed by atoms with Gasteiger partial charge in [0.1, 0.15) is 6.04 Å². The lowest BCUT2D eigenvalue weighted by atomic mass is 10.1. The molecule has 11 nitrogen and oxygen atoms in total. The van der Waals surface area contributed by atoms with Gasteiger partial charge in [0.2, 0.25) is 10.0 Å². The van der Waals surface area contributed by atoms with Crippen molar-refractivity contribution in [2.24, 2.45) is 0 Å². The molecule has 1 saturated heterocycles. The summed E-state index contributed by atoms with van der Waals surface area (Å²) in [6.07, 6.45) is -6.54. The van der Waals surface area contributed by atoms with Crippen LogP contribution in [0.1, 0.15) is 23.1 Å². The van der Waals surface area contributed by atoms with E-state index in [0.29, 0.717) is 11.6 Å². The summed E-state index contributed by atoms with van der Waals surface area (Å²) in [5, 5.41) is 22.7. The second-order valence-corrected chi connectivity index (χ2v) is 10.3. The van der Waals surface area contributed by atoms with Gasteiger partial charge in [0.25, 0.3) is 11.6 Å². The number of amides is 1. The summed E-state index contributed by atoms with van der Waals surface area (Å²) in [5.41, 5.74) is -1.60. The molecule has 2 atom stereocenters. The topological polar surface area (TPSA) is 156 Å². The van der Waals surface area contributed by atoms with Crippen LogP contribution in [-0.2, 0) is 30.5 Å². The number of nitro groups is 1. The minimum absolute atomic E-state index is 0.113. The van der Waals surface area contributed by atoms with Crippen LogP contribution in [0.5, 0.6) is 0 Å². The summed E-state index contributed by atoms with van der Waals surface area (Å²) in [6, 6.07) is 4.56. The smallest absolute Gasteiger partial charge is 0.418 e. The third kappa shape index (κ3) is 6.23. The highest BCUT2D eigenvalue weighted by atomic mass is 32.2. The first-order chi connectivity index (χ1) is 17.1. The second-order valence-electron chi connectivity index (χ2n) is 8.37. The molecule has 1 aliphatic heterocycles. The maximum atomic E-state index is 13.3. The highest BCUT2D eigenvalue weighted by Gasteiger charge is 2.44. The predicted molar refractivity (Wildman–Crippen MR) is 122 cm³/mol. The number of non-ortho nitro benzene ring substituents is 1. The van der Waals surface area contributed by atoms with Crippen LogP contribution in [0.15, 0.2) is 41.3 Å². The minimum atomic E-state index is -5.03. The van der Waals surface area contributed by atoms with Gasteiger partial charge in [-0.05, 0) is 43.2 Å². The number of halogens is 3. The molecule has 2 aromatic rings. The van der Waals surface area contributed by atoms with E-state index in [1.165, 1.54) is 12.1 Å². The van der Waals surface area contributed by atoms with E-state index in [0.717, 1.165) is 15.9 Å². The number of aryl methyl sites for hydroxylation is 2. The first-order valence-electron chi connectivity index (χ1n) is 10.7. The SMILES string of the molecule is Cc1ccc(S(=O)(=O)N2C[C@H](O)C[C@H]2C(=O)OCC(=O)Nc2ccc([N+](=O)[O-])cc2C(F)(F)F)cc1C. The Morgan fingerprint density at radius 3 is 2.46 bits per heavy atom. The summed E-state index contributed by atoms with van der Waals surface area (Å²) in [5.74, 6) is -2.38. The molecule has 1 amide bonds. The number of alkyl halides is 3. The second kappa shape index (κ2) is 10.4. The molecule has 1 aliphatic rings. The standard InChI is InChI=1S/C22H22F3N3O8S/c1-12-3-5-16(7-13(12)2)37(34,35)27-10-15(29)9-19(27)21(31)36-11-20(30)26-18-6-4-14(28(32)33)8-17(18)22(23,24)25/h3-8,15,19,29H,9-11H2,1-2H3,(H,26,30)/t15-,19+/m1/s1. The van der Waals surface area contributed by atoms with Crippen molar-refractivity contribution < 1.29 is 45.9 Å². The average Bonchev–Trinajstić information content (AvgIpc) is 3.21. The fourth-order valence-electron chi connectivity index (χ4n) is 3.68. The molecule has 1 heterocycles. The fourth-order valence-corrected chi connectivity index (χ4v) is 5.39. The third-order valence-corrected chi connectivity index (χ3v) is 7.60. The zero-order chi connectivity index (χ0) is 27.7. The number of nitro benzene ring substituents is 1. The molecule has 0 aliphatic carbocycles. The van der Waals surface area contributed by atoms with E-state index in [9.17, 15) is 46.4 Å². The van der Waals surface area contributed by atoms with Gasteiger partial charge in [0.15, 0.2) is 6.61 Å². The number of hydrogen-bond donors (Lipinski definition) is 2. The van der Waals surface area contributed by atoms with Crippen molar-refractivity contribution in [3.8, 4) is 0 Å². The molecule has 0 unspecified atom stereocenters. The van der Waals surface area contributed by atoms with Crippen molar-refractivity contribution in [1.29, 1.82) is 0 Å². The normalized spacial score (nSPS) is 18.4. The average molecular weight is 545 g/mol.